The van der Waals surface area contributed by atoms with Crippen LogP contribution in [0.5, 0.6) is 0 Å². The minimum absolute atomic E-state index is 0.0539. The average Bonchev–Trinajstić information content (AvgIpc) is 3.79. The van der Waals surface area contributed by atoms with E-state index < -0.39 is 11.5 Å². The number of benzene rings is 5. The first-order chi connectivity index (χ1) is 24.6. The lowest BCUT2D eigenvalue weighted by atomic mass is 9.77. The van der Waals surface area contributed by atoms with Crippen molar-refractivity contribution < 1.29 is 14.7 Å². The molecule has 0 unspecified atom stereocenters. The van der Waals surface area contributed by atoms with Gasteiger partial charge in [-0.1, -0.05) is 146 Å². The zero-order valence-corrected chi connectivity index (χ0v) is 27.4. The highest BCUT2D eigenvalue weighted by Gasteiger charge is 2.42. The van der Waals surface area contributed by atoms with Crippen LogP contribution < -0.4 is 0 Å². The molecule has 246 valence electrons. The van der Waals surface area contributed by atoms with Gasteiger partial charge in [0.25, 0.3) is 0 Å². The van der Waals surface area contributed by atoms with Crippen molar-refractivity contribution in [2.75, 3.05) is 0 Å². The second-order valence-electron chi connectivity index (χ2n) is 12.0. The lowest BCUT2D eigenvalue weighted by molar-refractivity contribution is 0.0682. The molecule has 0 saturated carbocycles. The highest BCUT2D eigenvalue weighted by molar-refractivity contribution is 5.94. The van der Waals surface area contributed by atoms with Crippen molar-refractivity contribution in [3.8, 4) is 22.5 Å². The monoisotopic (exact) mass is 658 g/mol. The third-order valence-electron chi connectivity index (χ3n) is 9.00. The first-order valence-electron chi connectivity index (χ1n) is 16.5. The van der Waals surface area contributed by atoms with Crippen LogP contribution in [0, 0.1) is 0 Å². The molecule has 7 aromatic rings. The maximum Gasteiger partial charge on any atom is 0.354 e. The summed E-state index contributed by atoms with van der Waals surface area (Å²) < 4.78 is 3.55. The summed E-state index contributed by atoms with van der Waals surface area (Å²) in [6.45, 7) is 2.26. The van der Waals surface area contributed by atoms with Crippen LogP contribution in [-0.4, -0.2) is 47.1 Å². The molecular weight excluding hydrogens is 624 g/mol. The van der Waals surface area contributed by atoms with Gasteiger partial charge < -0.3 is 9.67 Å². The van der Waals surface area contributed by atoms with Crippen molar-refractivity contribution in [2.24, 2.45) is 0 Å². The van der Waals surface area contributed by atoms with Crippen LogP contribution in [-0.2, 0) is 18.5 Å². The van der Waals surface area contributed by atoms with Crippen LogP contribution in [0.15, 0.2) is 140 Å². The predicted octanol–water partition coefficient (Wildman–Crippen LogP) is 7.56. The Labute approximate surface area is 289 Å². The molecule has 0 aliphatic carbocycles. The van der Waals surface area contributed by atoms with E-state index >= 15 is 0 Å². The summed E-state index contributed by atoms with van der Waals surface area (Å²) >= 11 is 0. The second-order valence-corrected chi connectivity index (χ2v) is 12.0. The molecule has 0 saturated heterocycles. The van der Waals surface area contributed by atoms with Gasteiger partial charge in [-0.2, -0.15) is 0 Å². The minimum Gasteiger partial charge on any atom is -0.477 e. The van der Waals surface area contributed by atoms with Crippen LogP contribution in [0.4, 0.5) is 0 Å². The Morgan fingerprint density at radius 3 is 1.80 bits per heavy atom. The van der Waals surface area contributed by atoms with Crippen LogP contribution >= 0.6 is 0 Å². The van der Waals surface area contributed by atoms with Crippen molar-refractivity contribution in [3.63, 3.8) is 0 Å². The molecule has 0 aliphatic heterocycles. The quantitative estimate of drug-likeness (QED) is 0.106. The van der Waals surface area contributed by atoms with Gasteiger partial charge in [0, 0.05) is 18.5 Å². The molecule has 5 aromatic carbocycles. The number of tetrazole rings is 1. The van der Waals surface area contributed by atoms with E-state index in [0.717, 1.165) is 45.4 Å². The summed E-state index contributed by atoms with van der Waals surface area (Å²) in [4.78, 5) is 28.1. The normalized spacial score (nSPS) is 11.4. The standard InChI is InChI=1S/C41H34N6O3/c1-2-14-37-42-36(28-48)38(40(49)50)46(37)27-29-23-25-30(26-24-29)34-21-12-13-22-35(34)39-43-44-45-47(39)41(31-15-6-3-7-16-31,32-17-8-4-9-18-32)33-19-10-5-11-20-33/h3-13,15-26,28H,2,14,27H2,1H3,(H,49,50). The van der Waals surface area contributed by atoms with Crippen LogP contribution in [0.2, 0.25) is 0 Å². The molecule has 0 atom stereocenters. The fraction of sp³-hybridized carbons (Fsp3) is 0.122. The summed E-state index contributed by atoms with van der Waals surface area (Å²) in [6.07, 6.45) is 1.84. The first kappa shape index (κ1) is 32.1. The summed E-state index contributed by atoms with van der Waals surface area (Å²) in [5.74, 6) is -0.00820. The Kier molecular flexibility index (Phi) is 8.94. The zero-order chi connectivity index (χ0) is 34.5. The Hall–Kier alpha value is -6.48. The van der Waals surface area contributed by atoms with Gasteiger partial charge in [0.1, 0.15) is 17.1 Å². The van der Waals surface area contributed by atoms with E-state index in [1.807, 2.05) is 115 Å². The molecule has 0 aliphatic rings. The fourth-order valence-corrected chi connectivity index (χ4v) is 6.80. The van der Waals surface area contributed by atoms with Crippen molar-refractivity contribution in [1.29, 1.82) is 0 Å². The fourth-order valence-electron chi connectivity index (χ4n) is 6.80. The van der Waals surface area contributed by atoms with E-state index in [1.54, 1.807) is 4.57 Å². The molecule has 1 N–H and O–H groups in total. The largest absolute Gasteiger partial charge is 0.477 e. The number of hydrogen-bond donors (Lipinski definition) is 1. The number of carbonyl (C=O) groups excluding carboxylic acids is 1. The van der Waals surface area contributed by atoms with E-state index in [1.165, 1.54) is 0 Å². The molecule has 2 heterocycles. The number of rotatable bonds is 12. The van der Waals surface area contributed by atoms with Crippen LogP contribution in [0.3, 0.4) is 0 Å². The molecule has 2 aromatic heterocycles. The molecule has 9 heteroatoms. The van der Waals surface area contributed by atoms with Crippen molar-refractivity contribution >= 4 is 12.3 Å². The molecular formula is C41H34N6O3. The van der Waals surface area contributed by atoms with Gasteiger partial charge in [-0.3, -0.25) is 4.79 Å². The molecule has 0 amide bonds. The van der Waals surface area contributed by atoms with E-state index in [0.29, 0.717) is 24.4 Å². The third-order valence-corrected chi connectivity index (χ3v) is 9.00. The number of carbonyl (C=O) groups is 2. The molecule has 50 heavy (non-hydrogen) atoms. The molecule has 7 rings (SSSR count). The van der Waals surface area contributed by atoms with Gasteiger partial charge in [-0.25, -0.2) is 14.5 Å². The first-order valence-corrected chi connectivity index (χ1v) is 16.5. The summed E-state index contributed by atoms with van der Waals surface area (Å²) in [5.41, 5.74) is 5.57. The van der Waals surface area contributed by atoms with Gasteiger partial charge >= 0.3 is 5.97 Å². The summed E-state index contributed by atoms with van der Waals surface area (Å²) in [5, 5.41) is 23.6. The van der Waals surface area contributed by atoms with E-state index in [9.17, 15) is 14.7 Å². The highest BCUT2D eigenvalue weighted by atomic mass is 16.4. The molecule has 9 nitrogen and oxygen atoms in total. The van der Waals surface area contributed by atoms with Crippen LogP contribution in [0.1, 0.15) is 62.4 Å². The molecule has 0 spiro atoms. The average molecular weight is 659 g/mol. The zero-order valence-electron chi connectivity index (χ0n) is 27.4. The number of hydrogen-bond acceptors (Lipinski definition) is 6. The highest BCUT2D eigenvalue weighted by Crippen LogP contribution is 2.43. The van der Waals surface area contributed by atoms with Gasteiger partial charge in [0.05, 0.1) is 0 Å². The summed E-state index contributed by atoms with van der Waals surface area (Å²) in [6, 6.07) is 46.9. The smallest absolute Gasteiger partial charge is 0.354 e. The number of carboxylic acids is 1. The van der Waals surface area contributed by atoms with Gasteiger partial charge in [0.2, 0.25) is 0 Å². The topological polar surface area (TPSA) is 116 Å². The number of aromatic carboxylic acids is 1. The Morgan fingerprint density at radius 1 is 0.740 bits per heavy atom. The Balaban J connectivity index is 1.35. The van der Waals surface area contributed by atoms with E-state index in [4.69, 9.17) is 5.21 Å². The van der Waals surface area contributed by atoms with Crippen molar-refractivity contribution in [3.05, 3.63) is 179 Å². The third kappa shape index (κ3) is 5.68. The maximum atomic E-state index is 12.1. The Bertz CT molecular complexity index is 2150. The van der Waals surface area contributed by atoms with Gasteiger partial charge in [0.15, 0.2) is 17.8 Å². The second kappa shape index (κ2) is 13.9. The number of imidazole rings is 1. The molecule has 0 fully saturated rings. The van der Waals surface area contributed by atoms with E-state index in [-0.39, 0.29) is 17.9 Å². The van der Waals surface area contributed by atoms with Gasteiger partial charge in [-0.05, 0) is 50.2 Å². The van der Waals surface area contributed by atoms with Crippen molar-refractivity contribution in [1.82, 2.24) is 29.8 Å². The predicted molar refractivity (Wildman–Crippen MR) is 191 cm³/mol. The lowest BCUT2D eigenvalue weighted by Crippen LogP contribution is -2.39. The number of aromatic nitrogens is 6. The minimum atomic E-state index is -1.18. The molecule has 0 bridgehead atoms. The Morgan fingerprint density at radius 2 is 1.28 bits per heavy atom. The number of nitrogens with zero attached hydrogens (tertiary/aromatic N) is 6. The summed E-state index contributed by atoms with van der Waals surface area (Å²) in [7, 11) is 0. The molecule has 0 radical (unpaired) electrons. The number of aryl methyl sites for hydroxylation is 1. The van der Waals surface area contributed by atoms with Crippen molar-refractivity contribution in [2.45, 2.75) is 31.8 Å². The van der Waals surface area contributed by atoms with Crippen LogP contribution in [0.25, 0.3) is 22.5 Å². The number of aldehydes is 1. The lowest BCUT2D eigenvalue weighted by Gasteiger charge is -2.36. The SMILES string of the molecule is CCCc1nc(C=O)c(C(=O)O)n1Cc1ccc(-c2ccccc2-c2nnnn2C(c2ccccc2)(c2ccccc2)c2ccccc2)cc1. The van der Waals surface area contributed by atoms with E-state index in [2.05, 4.69) is 51.7 Å². The van der Waals surface area contributed by atoms with Gasteiger partial charge in [-0.15, -0.1) is 5.10 Å². The number of carboxylic acid groups (broad SMARTS) is 1. The maximum absolute atomic E-state index is 12.1.